The van der Waals surface area contributed by atoms with Gasteiger partial charge in [-0.15, -0.1) is 0 Å². The van der Waals surface area contributed by atoms with Crippen LogP contribution < -0.4 is 9.64 Å². The topological polar surface area (TPSA) is 30.9 Å². The summed E-state index contributed by atoms with van der Waals surface area (Å²) in [5.74, 6) is -0.0900. The van der Waals surface area contributed by atoms with E-state index in [0.717, 1.165) is 25.9 Å². The predicted molar refractivity (Wildman–Crippen MR) is 78.2 cm³/mol. The van der Waals surface area contributed by atoms with Crippen molar-refractivity contribution in [2.75, 3.05) is 31.2 Å². The molecule has 0 bridgehead atoms. The summed E-state index contributed by atoms with van der Waals surface area (Å²) in [6, 6.07) is 5.08. The number of benzene rings is 1. The first-order valence-corrected chi connectivity index (χ1v) is 7.57. The molecule has 1 aromatic carbocycles. The van der Waals surface area contributed by atoms with Crippen molar-refractivity contribution in [3.63, 3.8) is 0 Å². The van der Waals surface area contributed by atoms with E-state index >= 15 is 0 Å². The Morgan fingerprint density at radius 2 is 1.86 bits per heavy atom. The smallest absolute Gasteiger partial charge is 0.171 e. The van der Waals surface area contributed by atoms with Gasteiger partial charge in [-0.25, -0.2) is 4.39 Å². The number of ether oxygens (including phenoxy) is 3. The molecule has 4 nitrogen and oxygen atoms in total. The summed E-state index contributed by atoms with van der Waals surface area (Å²) in [6.07, 6.45) is 1.59. The summed E-state index contributed by atoms with van der Waals surface area (Å²) >= 11 is 0. The molecule has 1 spiro atoms. The minimum Gasteiger partial charge on any atom is -0.491 e. The Morgan fingerprint density at radius 3 is 2.43 bits per heavy atom. The number of anilines is 1. The second kappa shape index (κ2) is 5.81. The number of hydrogen-bond acceptors (Lipinski definition) is 4. The molecule has 0 saturated carbocycles. The number of halogens is 1. The van der Waals surface area contributed by atoms with Crippen LogP contribution in [0, 0.1) is 5.82 Å². The van der Waals surface area contributed by atoms with E-state index in [4.69, 9.17) is 14.2 Å². The summed E-state index contributed by atoms with van der Waals surface area (Å²) < 4.78 is 31.2. The molecule has 21 heavy (non-hydrogen) atoms. The Hall–Kier alpha value is -1.33. The van der Waals surface area contributed by atoms with E-state index in [2.05, 4.69) is 0 Å². The lowest BCUT2D eigenvalue weighted by molar-refractivity contribution is -0.169. The molecule has 0 radical (unpaired) electrons. The molecular weight excluding hydrogens is 273 g/mol. The molecule has 2 aliphatic rings. The van der Waals surface area contributed by atoms with Gasteiger partial charge in [0.15, 0.2) is 5.79 Å². The fraction of sp³-hybridized carbons (Fsp3) is 0.625. The number of rotatable bonds is 3. The molecule has 0 aromatic heterocycles. The van der Waals surface area contributed by atoms with Crippen molar-refractivity contribution in [2.45, 2.75) is 38.6 Å². The van der Waals surface area contributed by atoms with Crippen LogP contribution in [0.25, 0.3) is 0 Å². The number of nitrogens with zero attached hydrogens (tertiary/aromatic N) is 1. The van der Waals surface area contributed by atoms with Gasteiger partial charge in [0.2, 0.25) is 0 Å². The molecule has 0 amide bonds. The summed E-state index contributed by atoms with van der Waals surface area (Å²) in [5.41, 5.74) is 0.624. The van der Waals surface area contributed by atoms with Gasteiger partial charge in [0, 0.05) is 32.0 Å². The number of piperidine rings is 1. The Kier molecular flexibility index (Phi) is 4.04. The molecule has 0 unspecified atom stereocenters. The van der Waals surface area contributed by atoms with Gasteiger partial charge in [0.25, 0.3) is 0 Å². The average molecular weight is 295 g/mol. The van der Waals surface area contributed by atoms with E-state index in [1.54, 1.807) is 6.07 Å². The van der Waals surface area contributed by atoms with Gasteiger partial charge in [-0.1, -0.05) is 0 Å². The lowest BCUT2D eigenvalue weighted by Crippen LogP contribution is -2.45. The molecule has 1 aromatic rings. The zero-order valence-corrected chi connectivity index (χ0v) is 12.6. The third-order valence-electron chi connectivity index (χ3n) is 3.97. The lowest BCUT2D eigenvalue weighted by Gasteiger charge is -2.38. The summed E-state index contributed by atoms with van der Waals surface area (Å²) in [5, 5.41) is 0. The van der Waals surface area contributed by atoms with Crippen molar-refractivity contribution < 1.29 is 18.6 Å². The molecule has 0 N–H and O–H groups in total. The Labute approximate surface area is 124 Å². The van der Waals surface area contributed by atoms with Crippen LogP contribution in [0.15, 0.2) is 18.2 Å². The van der Waals surface area contributed by atoms with Crippen LogP contribution in [-0.2, 0) is 9.47 Å². The van der Waals surface area contributed by atoms with Gasteiger partial charge in [-0.05, 0) is 26.0 Å². The van der Waals surface area contributed by atoms with Crippen LogP contribution in [0.5, 0.6) is 5.75 Å². The third kappa shape index (κ3) is 3.14. The SMILES string of the molecule is CC(C)Oc1ccc(N2CCC3(CC2)OCCO3)c(F)c1. The maximum atomic E-state index is 14.3. The molecule has 116 valence electrons. The first kappa shape index (κ1) is 14.6. The molecule has 2 aliphatic heterocycles. The first-order chi connectivity index (χ1) is 10.1. The molecule has 2 heterocycles. The van der Waals surface area contributed by atoms with Gasteiger partial charge in [0.1, 0.15) is 11.6 Å². The van der Waals surface area contributed by atoms with Gasteiger partial charge in [-0.2, -0.15) is 0 Å². The first-order valence-electron chi connectivity index (χ1n) is 7.57. The normalized spacial score (nSPS) is 21.2. The van der Waals surface area contributed by atoms with Gasteiger partial charge < -0.3 is 19.1 Å². The quantitative estimate of drug-likeness (QED) is 0.858. The van der Waals surface area contributed by atoms with E-state index in [1.807, 2.05) is 24.8 Å². The third-order valence-corrected chi connectivity index (χ3v) is 3.97. The highest BCUT2D eigenvalue weighted by molar-refractivity contribution is 5.51. The predicted octanol–water partition coefficient (Wildman–Crippen LogP) is 2.96. The number of hydrogen-bond donors (Lipinski definition) is 0. The van der Waals surface area contributed by atoms with Crippen molar-refractivity contribution in [3.05, 3.63) is 24.0 Å². The zero-order chi connectivity index (χ0) is 14.9. The van der Waals surface area contributed by atoms with Crippen LogP contribution in [0.2, 0.25) is 0 Å². The Bertz CT molecular complexity index is 490. The lowest BCUT2D eigenvalue weighted by atomic mass is 10.0. The average Bonchev–Trinajstić information content (AvgIpc) is 2.88. The minimum absolute atomic E-state index is 0.0433. The van der Waals surface area contributed by atoms with E-state index in [-0.39, 0.29) is 11.9 Å². The molecule has 0 aliphatic carbocycles. The second-order valence-corrected chi connectivity index (χ2v) is 5.87. The zero-order valence-electron chi connectivity index (χ0n) is 12.6. The van der Waals surface area contributed by atoms with Crippen molar-refractivity contribution in [1.29, 1.82) is 0 Å². The maximum absolute atomic E-state index is 14.3. The monoisotopic (exact) mass is 295 g/mol. The van der Waals surface area contributed by atoms with E-state index in [1.165, 1.54) is 6.07 Å². The highest BCUT2D eigenvalue weighted by Crippen LogP contribution is 2.34. The summed E-state index contributed by atoms with van der Waals surface area (Å²) in [4.78, 5) is 2.05. The van der Waals surface area contributed by atoms with Gasteiger partial charge >= 0.3 is 0 Å². The van der Waals surface area contributed by atoms with Crippen LogP contribution >= 0.6 is 0 Å². The fourth-order valence-corrected chi connectivity index (χ4v) is 2.96. The van der Waals surface area contributed by atoms with Crippen LogP contribution in [-0.4, -0.2) is 38.2 Å². The molecular formula is C16H22FNO3. The molecule has 5 heteroatoms. The van der Waals surface area contributed by atoms with E-state index in [0.29, 0.717) is 24.7 Å². The van der Waals surface area contributed by atoms with E-state index in [9.17, 15) is 4.39 Å². The standard InChI is InChI=1S/C16H22FNO3/c1-12(2)21-13-3-4-15(14(17)11-13)18-7-5-16(6-8-18)19-9-10-20-16/h3-4,11-12H,5-10H2,1-2H3. The largest absolute Gasteiger partial charge is 0.491 e. The van der Waals surface area contributed by atoms with Crippen LogP contribution in [0.4, 0.5) is 10.1 Å². The summed E-state index contributed by atoms with van der Waals surface area (Å²) in [6.45, 7) is 6.66. The van der Waals surface area contributed by atoms with Gasteiger partial charge in [-0.3, -0.25) is 0 Å². The Morgan fingerprint density at radius 1 is 1.19 bits per heavy atom. The van der Waals surface area contributed by atoms with Crippen molar-refractivity contribution in [3.8, 4) is 5.75 Å². The van der Waals surface area contributed by atoms with Crippen molar-refractivity contribution >= 4 is 5.69 Å². The second-order valence-electron chi connectivity index (χ2n) is 5.87. The maximum Gasteiger partial charge on any atom is 0.171 e. The highest BCUT2D eigenvalue weighted by Gasteiger charge is 2.40. The van der Waals surface area contributed by atoms with Crippen LogP contribution in [0.1, 0.15) is 26.7 Å². The van der Waals surface area contributed by atoms with Gasteiger partial charge in [0.05, 0.1) is 25.0 Å². The summed E-state index contributed by atoms with van der Waals surface area (Å²) in [7, 11) is 0. The van der Waals surface area contributed by atoms with Crippen LogP contribution in [0.3, 0.4) is 0 Å². The Balaban J connectivity index is 1.67. The minimum atomic E-state index is -0.423. The highest BCUT2D eigenvalue weighted by atomic mass is 19.1. The fourth-order valence-electron chi connectivity index (χ4n) is 2.96. The van der Waals surface area contributed by atoms with Crippen molar-refractivity contribution in [1.82, 2.24) is 0 Å². The van der Waals surface area contributed by atoms with E-state index < -0.39 is 5.79 Å². The molecule has 2 fully saturated rings. The molecule has 0 atom stereocenters. The molecule has 2 saturated heterocycles. The molecule has 3 rings (SSSR count). The van der Waals surface area contributed by atoms with Crippen molar-refractivity contribution in [2.24, 2.45) is 0 Å².